The van der Waals surface area contributed by atoms with Crippen molar-refractivity contribution in [2.45, 2.75) is 70.5 Å². The largest absolute Gasteiger partial charge is 0.428 e. The first kappa shape index (κ1) is 25.6. The first-order valence-corrected chi connectivity index (χ1v) is 16.0. The highest BCUT2D eigenvalue weighted by Gasteiger charge is 2.22. The Labute approximate surface area is 211 Å². The number of carbonyl (C=O) groups excluding carboxylic acids is 1. The highest BCUT2D eigenvalue weighted by atomic mass is 28.4. The number of hydrogen-bond acceptors (Lipinski definition) is 3. The summed E-state index contributed by atoms with van der Waals surface area (Å²) >= 11 is 0. The van der Waals surface area contributed by atoms with E-state index in [1.807, 2.05) is 49.5 Å². The molecule has 0 bridgehead atoms. The van der Waals surface area contributed by atoms with Crippen LogP contribution in [0.4, 0.5) is 0 Å². The molecule has 1 aliphatic carbocycles. The second-order valence-electron chi connectivity index (χ2n) is 10.7. The van der Waals surface area contributed by atoms with Crippen LogP contribution in [0.3, 0.4) is 0 Å². The zero-order chi connectivity index (χ0) is 24.8. The van der Waals surface area contributed by atoms with Gasteiger partial charge in [-0.15, -0.1) is 0 Å². The van der Waals surface area contributed by atoms with E-state index in [-0.39, 0.29) is 5.78 Å². The van der Waals surface area contributed by atoms with Crippen LogP contribution in [0.5, 0.6) is 0 Å². The third-order valence-electron chi connectivity index (χ3n) is 7.61. The van der Waals surface area contributed by atoms with E-state index in [2.05, 4.69) is 36.4 Å². The average Bonchev–Trinajstić information content (AvgIpc) is 3.13. The summed E-state index contributed by atoms with van der Waals surface area (Å²) in [4.78, 5) is 23.6. The second kappa shape index (κ2) is 11.5. The Morgan fingerprint density at radius 2 is 1.66 bits per heavy atom. The summed E-state index contributed by atoms with van der Waals surface area (Å²) in [7, 11) is -2.37. The molecule has 3 aromatic carbocycles. The summed E-state index contributed by atoms with van der Waals surface area (Å²) in [5, 5.41) is 1.01. The quantitative estimate of drug-likeness (QED) is 0.216. The molecule has 2 unspecified atom stereocenters. The number of hydrogen-bond donors (Lipinski definition) is 2. The van der Waals surface area contributed by atoms with Crippen LogP contribution in [-0.4, -0.2) is 18.9 Å². The first-order valence-electron chi connectivity index (χ1n) is 13.1. The van der Waals surface area contributed by atoms with E-state index in [9.17, 15) is 9.59 Å². The molecule has 3 N–H and O–H groups in total. The Balaban J connectivity index is 1.36. The summed E-state index contributed by atoms with van der Waals surface area (Å²) < 4.78 is 0. The molecular formula is C31H39NO2Si. The van der Waals surface area contributed by atoms with Gasteiger partial charge in [0.25, 0.3) is 0 Å². The fraction of sp³-hybridized carbons (Fsp3) is 0.387. The minimum atomic E-state index is -2.37. The molecule has 3 nitrogen and oxygen atoms in total. The monoisotopic (exact) mass is 485 g/mol. The van der Waals surface area contributed by atoms with Crippen LogP contribution in [0.1, 0.15) is 72.3 Å². The van der Waals surface area contributed by atoms with Crippen molar-refractivity contribution in [1.82, 2.24) is 0 Å². The second-order valence-corrected chi connectivity index (χ2v) is 14.4. The fourth-order valence-electron chi connectivity index (χ4n) is 5.41. The molecule has 0 radical (unpaired) electrons. The number of Topliss-reactive ketones (excluding diaryl/α,β-unsaturated/α-hetero) is 1. The van der Waals surface area contributed by atoms with Crippen LogP contribution in [0, 0.1) is 5.92 Å². The van der Waals surface area contributed by atoms with Gasteiger partial charge in [0, 0.05) is 18.5 Å². The molecular weight excluding hydrogens is 446 g/mol. The lowest BCUT2D eigenvalue weighted by molar-refractivity contribution is 0.0972. The Morgan fingerprint density at radius 1 is 0.914 bits per heavy atom. The average molecular weight is 486 g/mol. The van der Waals surface area contributed by atoms with Crippen LogP contribution >= 0.6 is 0 Å². The molecule has 4 rings (SSSR count). The Morgan fingerprint density at radius 3 is 2.43 bits per heavy atom. The Bertz CT molecular complexity index is 1150. The van der Waals surface area contributed by atoms with E-state index < -0.39 is 8.32 Å². The van der Waals surface area contributed by atoms with Gasteiger partial charge in [0.15, 0.2) is 5.78 Å². The molecule has 4 heteroatoms. The lowest BCUT2D eigenvalue weighted by atomic mass is 9.89. The normalized spacial score (nSPS) is 18.7. The molecule has 3 aromatic rings. The molecule has 0 saturated heterocycles. The van der Waals surface area contributed by atoms with Gasteiger partial charge in [0.2, 0.25) is 8.32 Å². The van der Waals surface area contributed by atoms with Gasteiger partial charge in [-0.05, 0) is 84.1 Å². The molecule has 2 atom stereocenters. The standard InChI is InChI=1S/C31H39NO2Si/c1-35(2,34)30-14-6-12-28(21-30)27-11-5-13-29(20-27)31(33)18-16-23-7-3-9-25(17-15-23)26-10-4-8-24(19-26)22-32/h4-6,8,10-14,19-21,23,25,34H,3,7,9,15-18,22,32H2,1-2H3. The van der Waals surface area contributed by atoms with E-state index in [1.165, 1.54) is 43.2 Å². The SMILES string of the molecule is C[Si](C)(O)c1cccc(-c2cccc(C(=O)CCC3CCCC(c4cccc(CN)c4)CC3)c2)c1. The summed E-state index contributed by atoms with van der Waals surface area (Å²) in [6, 6.07) is 24.9. The maximum Gasteiger partial charge on any atom is 0.213 e. The third-order valence-corrected chi connectivity index (χ3v) is 9.34. The van der Waals surface area contributed by atoms with Gasteiger partial charge >= 0.3 is 0 Å². The van der Waals surface area contributed by atoms with Crippen LogP contribution in [0.15, 0.2) is 72.8 Å². The maximum atomic E-state index is 13.1. The zero-order valence-corrected chi connectivity index (χ0v) is 22.2. The molecule has 0 aromatic heterocycles. The molecule has 0 spiro atoms. The van der Waals surface area contributed by atoms with Crippen molar-refractivity contribution in [3.63, 3.8) is 0 Å². The van der Waals surface area contributed by atoms with E-state index in [0.29, 0.717) is 24.8 Å². The van der Waals surface area contributed by atoms with Crippen molar-refractivity contribution in [2.24, 2.45) is 11.7 Å². The molecule has 0 heterocycles. The van der Waals surface area contributed by atoms with Gasteiger partial charge in [-0.2, -0.15) is 0 Å². The summed E-state index contributed by atoms with van der Waals surface area (Å²) in [6.07, 6.45) is 7.64. The molecule has 1 saturated carbocycles. The van der Waals surface area contributed by atoms with Crippen LogP contribution in [-0.2, 0) is 6.54 Å². The molecule has 0 amide bonds. The Kier molecular flexibility index (Phi) is 8.37. The highest BCUT2D eigenvalue weighted by molar-refractivity contribution is 6.83. The molecule has 0 aliphatic heterocycles. The van der Waals surface area contributed by atoms with Crippen molar-refractivity contribution in [2.75, 3.05) is 0 Å². The van der Waals surface area contributed by atoms with E-state index in [4.69, 9.17) is 5.73 Å². The third kappa shape index (κ3) is 6.78. The number of benzene rings is 3. The number of carbonyl (C=O) groups is 1. The molecule has 1 fully saturated rings. The Hall–Kier alpha value is -2.53. The van der Waals surface area contributed by atoms with E-state index in [0.717, 1.165) is 28.3 Å². The van der Waals surface area contributed by atoms with Crippen molar-refractivity contribution in [3.05, 3.63) is 89.5 Å². The summed E-state index contributed by atoms with van der Waals surface area (Å²) in [5.41, 5.74) is 11.4. The summed E-state index contributed by atoms with van der Waals surface area (Å²) in [6.45, 7) is 4.46. The topological polar surface area (TPSA) is 63.3 Å². The highest BCUT2D eigenvalue weighted by Crippen LogP contribution is 2.36. The smallest absolute Gasteiger partial charge is 0.213 e. The first-order chi connectivity index (χ1) is 16.8. The van der Waals surface area contributed by atoms with Gasteiger partial charge < -0.3 is 10.5 Å². The van der Waals surface area contributed by atoms with Crippen molar-refractivity contribution in [3.8, 4) is 11.1 Å². The van der Waals surface area contributed by atoms with Gasteiger partial charge in [-0.25, -0.2) is 0 Å². The van der Waals surface area contributed by atoms with Gasteiger partial charge in [-0.3, -0.25) is 4.79 Å². The number of rotatable bonds is 8. The van der Waals surface area contributed by atoms with Crippen LogP contribution in [0.2, 0.25) is 13.1 Å². The lowest BCUT2D eigenvalue weighted by Crippen LogP contribution is -2.41. The van der Waals surface area contributed by atoms with Crippen LogP contribution in [0.25, 0.3) is 11.1 Å². The van der Waals surface area contributed by atoms with E-state index in [1.54, 1.807) is 0 Å². The van der Waals surface area contributed by atoms with Crippen LogP contribution < -0.4 is 10.9 Å². The lowest BCUT2D eigenvalue weighted by Gasteiger charge is -2.17. The number of ketones is 1. The minimum Gasteiger partial charge on any atom is -0.428 e. The minimum absolute atomic E-state index is 0.233. The summed E-state index contributed by atoms with van der Waals surface area (Å²) in [5.74, 6) is 1.47. The zero-order valence-electron chi connectivity index (χ0n) is 21.2. The maximum absolute atomic E-state index is 13.1. The van der Waals surface area contributed by atoms with Crippen molar-refractivity contribution in [1.29, 1.82) is 0 Å². The predicted octanol–water partition coefficient (Wildman–Crippen LogP) is 6.54. The van der Waals surface area contributed by atoms with Crippen molar-refractivity contribution < 1.29 is 9.59 Å². The molecule has 35 heavy (non-hydrogen) atoms. The fourth-order valence-corrected chi connectivity index (χ4v) is 6.42. The predicted molar refractivity (Wildman–Crippen MR) is 148 cm³/mol. The van der Waals surface area contributed by atoms with E-state index >= 15 is 0 Å². The van der Waals surface area contributed by atoms with Gasteiger partial charge in [-0.1, -0.05) is 79.6 Å². The van der Waals surface area contributed by atoms with Crippen molar-refractivity contribution >= 4 is 19.3 Å². The number of nitrogens with two attached hydrogens (primary N) is 1. The van der Waals surface area contributed by atoms with Gasteiger partial charge in [0.1, 0.15) is 0 Å². The molecule has 184 valence electrons. The van der Waals surface area contributed by atoms with Gasteiger partial charge in [0.05, 0.1) is 0 Å². The molecule has 1 aliphatic rings.